The summed E-state index contributed by atoms with van der Waals surface area (Å²) >= 11 is 0. The Balaban J connectivity index is 1.86. The molecule has 7 rings (SSSR count). The van der Waals surface area contributed by atoms with Gasteiger partial charge in [0, 0.05) is 17.2 Å². The maximum atomic E-state index is 9.26. The van der Waals surface area contributed by atoms with Crippen molar-refractivity contribution < 1.29 is 11.0 Å². The van der Waals surface area contributed by atoms with E-state index in [0.29, 0.717) is 34.4 Å². The van der Waals surface area contributed by atoms with Crippen LogP contribution >= 0.6 is 0 Å². The number of nitrogens with zero attached hydrogens (tertiary/aromatic N) is 2. The van der Waals surface area contributed by atoms with Crippen molar-refractivity contribution in [2.24, 2.45) is 0 Å². The Bertz CT molecular complexity index is 2260. The highest BCUT2D eigenvalue weighted by Crippen LogP contribution is 2.44. The van der Waals surface area contributed by atoms with Gasteiger partial charge in [-0.15, -0.1) is 0 Å². The predicted molar refractivity (Wildman–Crippen MR) is 156 cm³/mol. The number of hydrogen-bond acceptors (Lipinski definition) is 1. The van der Waals surface area contributed by atoms with Crippen molar-refractivity contribution in [3.8, 4) is 27.9 Å². The fourth-order valence-electron chi connectivity index (χ4n) is 5.23. The van der Waals surface area contributed by atoms with Crippen LogP contribution in [0.15, 0.2) is 127 Å². The van der Waals surface area contributed by atoms with Gasteiger partial charge in [0.25, 0.3) is 0 Å². The zero-order valence-electron chi connectivity index (χ0n) is 28.1. The van der Waals surface area contributed by atoms with Gasteiger partial charge in [0.15, 0.2) is 0 Å². The third kappa shape index (κ3) is 3.37. The lowest BCUT2D eigenvalue weighted by molar-refractivity contribution is 0.917. The molecular weight excluding hydrogens is 448 g/mol. The minimum atomic E-state index is -0.432. The van der Waals surface area contributed by atoms with E-state index in [-0.39, 0.29) is 51.4 Å². The first-order chi connectivity index (χ1) is 21.7. The summed E-state index contributed by atoms with van der Waals surface area (Å²) in [7, 11) is 0. The third-order valence-electron chi connectivity index (χ3n) is 6.80. The fraction of sp³-hybridized carbons (Fsp3) is 0.0571. The molecule has 6 aromatic carbocycles. The van der Waals surface area contributed by atoms with E-state index in [0.717, 1.165) is 11.1 Å². The highest BCUT2D eigenvalue weighted by Gasteiger charge is 2.21. The van der Waals surface area contributed by atoms with Crippen LogP contribution in [-0.4, -0.2) is 9.55 Å². The van der Waals surface area contributed by atoms with Crippen molar-refractivity contribution in [3.05, 3.63) is 133 Å². The molecule has 0 saturated heterocycles. The van der Waals surface area contributed by atoms with Gasteiger partial charge >= 0.3 is 0 Å². The normalized spacial score (nSPS) is 14.5. The SMILES string of the molecule is [2H]c1c([2H])c([2H])c2c(-n3c(CC)nc4ccccc43)c3c([2H])c([2H])c([2H])c([2H])c3c(-c3ccccc3-c3ccccc3)c2c1[2H]. The highest BCUT2D eigenvalue weighted by atomic mass is 15.1. The Morgan fingerprint density at radius 2 is 1.22 bits per heavy atom. The van der Waals surface area contributed by atoms with Crippen molar-refractivity contribution in [1.82, 2.24) is 9.55 Å². The maximum Gasteiger partial charge on any atom is 0.114 e. The summed E-state index contributed by atoms with van der Waals surface area (Å²) in [4.78, 5) is 4.82. The van der Waals surface area contributed by atoms with Gasteiger partial charge in [-0.3, -0.25) is 4.57 Å². The fourth-order valence-corrected chi connectivity index (χ4v) is 5.23. The van der Waals surface area contributed by atoms with Crippen molar-refractivity contribution in [2.75, 3.05) is 0 Å². The number of rotatable bonds is 4. The number of imidazole rings is 1. The van der Waals surface area contributed by atoms with Crippen LogP contribution in [0.25, 0.3) is 60.5 Å². The summed E-state index contributed by atoms with van der Waals surface area (Å²) in [6.45, 7) is 1.93. The van der Waals surface area contributed by atoms with Gasteiger partial charge in [-0.25, -0.2) is 4.98 Å². The molecule has 0 N–H and O–H groups in total. The molecular formula is C35H26N2. The minimum Gasteiger partial charge on any atom is -0.295 e. The van der Waals surface area contributed by atoms with E-state index in [2.05, 4.69) is 0 Å². The van der Waals surface area contributed by atoms with Crippen LogP contribution in [0, 0.1) is 0 Å². The lowest BCUT2D eigenvalue weighted by atomic mass is 9.87. The number of benzene rings is 6. The standard InChI is InChI=1S/C35H26N2/c1-2-33-36-31-22-12-13-23-32(31)37(33)35-29-20-10-8-18-27(29)34(28-19-9-11-21-30(28)35)26-17-7-6-16-25(26)24-14-4-3-5-15-24/h3-23H,2H2,1H3/i8D,9D,10D,11D,18D,19D,20D,21D. The van der Waals surface area contributed by atoms with Crippen molar-refractivity contribution in [3.63, 3.8) is 0 Å². The van der Waals surface area contributed by atoms with Crippen molar-refractivity contribution >= 4 is 32.6 Å². The molecule has 2 nitrogen and oxygen atoms in total. The van der Waals surface area contributed by atoms with Gasteiger partial charge in [-0.2, -0.15) is 0 Å². The smallest absolute Gasteiger partial charge is 0.114 e. The van der Waals surface area contributed by atoms with Crippen LogP contribution in [0.2, 0.25) is 0 Å². The Morgan fingerprint density at radius 1 is 0.649 bits per heavy atom. The summed E-state index contributed by atoms with van der Waals surface area (Å²) in [5.74, 6) is 0.594. The largest absolute Gasteiger partial charge is 0.295 e. The van der Waals surface area contributed by atoms with Crippen LogP contribution < -0.4 is 0 Å². The van der Waals surface area contributed by atoms with Crippen LogP contribution in [-0.2, 0) is 6.42 Å². The second-order valence-corrected chi connectivity index (χ2v) is 8.84. The van der Waals surface area contributed by atoms with Gasteiger partial charge in [0.1, 0.15) is 5.82 Å². The second-order valence-electron chi connectivity index (χ2n) is 8.84. The molecule has 2 heteroatoms. The lowest BCUT2D eigenvalue weighted by Crippen LogP contribution is -2.03. The Labute approximate surface area is 227 Å². The zero-order chi connectivity index (χ0) is 31.7. The number of aromatic nitrogens is 2. The quantitative estimate of drug-likeness (QED) is 0.229. The van der Waals surface area contributed by atoms with E-state index in [4.69, 9.17) is 10.5 Å². The van der Waals surface area contributed by atoms with E-state index in [1.165, 1.54) is 0 Å². The average molecular weight is 483 g/mol. The molecule has 0 unspecified atom stereocenters. The van der Waals surface area contributed by atoms with Crippen LogP contribution in [0.1, 0.15) is 23.7 Å². The monoisotopic (exact) mass is 482 g/mol. The van der Waals surface area contributed by atoms with Crippen molar-refractivity contribution in [2.45, 2.75) is 13.3 Å². The molecule has 0 atom stereocenters. The van der Waals surface area contributed by atoms with Crippen LogP contribution in [0.3, 0.4) is 0 Å². The summed E-state index contributed by atoms with van der Waals surface area (Å²) < 4.78 is 73.7. The zero-order valence-corrected chi connectivity index (χ0v) is 20.1. The molecule has 0 aliphatic rings. The number of fused-ring (bicyclic) bond motifs is 3. The van der Waals surface area contributed by atoms with Crippen LogP contribution in [0.5, 0.6) is 0 Å². The Kier molecular flexibility index (Phi) is 3.50. The molecule has 0 amide bonds. The lowest BCUT2D eigenvalue weighted by Gasteiger charge is -2.21. The topological polar surface area (TPSA) is 17.8 Å². The Morgan fingerprint density at radius 3 is 1.89 bits per heavy atom. The summed E-state index contributed by atoms with van der Waals surface area (Å²) in [6.07, 6.45) is 0.465. The van der Waals surface area contributed by atoms with E-state index in [1.54, 1.807) is 4.57 Å². The first-order valence-corrected chi connectivity index (χ1v) is 12.2. The summed E-state index contributed by atoms with van der Waals surface area (Å²) in [6, 6.07) is 21.5. The number of hydrogen-bond donors (Lipinski definition) is 0. The minimum absolute atomic E-state index is 0.161. The third-order valence-corrected chi connectivity index (χ3v) is 6.80. The summed E-state index contributed by atoms with van der Waals surface area (Å²) in [5.41, 5.74) is 4.11. The van der Waals surface area contributed by atoms with Crippen LogP contribution in [0.4, 0.5) is 0 Å². The molecule has 0 aliphatic heterocycles. The van der Waals surface area contributed by atoms with Gasteiger partial charge in [0.05, 0.1) is 27.7 Å². The molecule has 1 aromatic heterocycles. The summed E-state index contributed by atoms with van der Waals surface area (Å²) in [5, 5.41) is 0.678. The molecule has 0 saturated carbocycles. The molecule has 0 bridgehead atoms. The second kappa shape index (κ2) is 8.76. The van der Waals surface area contributed by atoms with E-state index in [9.17, 15) is 5.48 Å². The number of aryl methyl sites for hydroxylation is 1. The van der Waals surface area contributed by atoms with Gasteiger partial charge in [-0.1, -0.05) is 122 Å². The first kappa shape index (κ1) is 14.8. The molecule has 0 aliphatic carbocycles. The van der Waals surface area contributed by atoms with Gasteiger partial charge in [0.2, 0.25) is 0 Å². The predicted octanol–water partition coefficient (Wildman–Crippen LogP) is 9.23. The molecule has 7 aromatic rings. The number of para-hydroxylation sites is 2. The van der Waals surface area contributed by atoms with Crippen molar-refractivity contribution in [1.29, 1.82) is 0 Å². The van der Waals surface area contributed by atoms with E-state index < -0.39 is 24.2 Å². The molecule has 0 spiro atoms. The molecule has 37 heavy (non-hydrogen) atoms. The van der Waals surface area contributed by atoms with Gasteiger partial charge < -0.3 is 0 Å². The molecule has 0 fully saturated rings. The maximum absolute atomic E-state index is 9.26. The molecule has 0 radical (unpaired) electrons. The van der Waals surface area contributed by atoms with Gasteiger partial charge in [-0.05, 0) is 45.2 Å². The highest BCUT2D eigenvalue weighted by molar-refractivity contribution is 6.19. The molecule has 1 heterocycles. The Hall–Kier alpha value is -4.69. The molecule has 176 valence electrons. The van der Waals surface area contributed by atoms with E-state index in [1.807, 2.05) is 85.8 Å². The first-order valence-electron chi connectivity index (χ1n) is 16.2. The van der Waals surface area contributed by atoms with E-state index >= 15 is 0 Å². The average Bonchev–Trinajstić information content (AvgIpc) is 3.45.